The molecule has 3 aromatic carbocycles. The lowest BCUT2D eigenvalue weighted by Crippen LogP contribution is -2.07. The highest BCUT2D eigenvalue weighted by atomic mass is 14.7. The van der Waals surface area contributed by atoms with E-state index in [1.54, 1.807) is 0 Å². The molecule has 4 aliphatic rings. The van der Waals surface area contributed by atoms with Gasteiger partial charge in [0.05, 0.1) is 11.4 Å². The predicted octanol–water partition coefficient (Wildman–Crippen LogP) is 5.46. The molecule has 0 N–H and O–H groups in total. The molecule has 0 saturated heterocycles. The zero-order chi connectivity index (χ0) is 16.4. The molecule has 118 valence electrons. The molecule has 4 aliphatic carbocycles. The number of aliphatic imine (C=N–C) groups is 1. The molecule has 0 amide bonds. The number of rotatable bonds is 1. The number of nitrogens with zero attached hydrogens (tertiary/aromatic N) is 1. The number of aryl methyl sites for hydroxylation is 3. The third-order valence-electron chi connectivity index (χ3n) is 4.68. The van der Waals surface area contributed by atoms with Crippen LogP contribution < -0.4 is 0 Å². The minimum Gasteiger partial charge on any atom is -0.252 e. The van der Waals surface area contributed by atoms with Crippen LogP contribution in [-0.4, -0.2) is 5.71 Å². The van der Waals surface area contributed by atoms with E-state index in [4.69, 9.17) is 4.99 Å². The highest BCUT2D eigenvalue weighted by Crippen LogP contribution is 2.20. The van der Waals surface area contributed by atoms with Crippen LogP contribution in [0.2, 0.25) is 0 Å². The number of hydrogen-bond donors (Lipinski definition) is 0. The van der Waals surface area contributed by atoms with E-state index in [2.05, 4.69) is 79.7 Å². The second-order valence-corrected chi connectivity index (χ2v) is 6.58. The molecular weight excluding hydrogens is 290 g/mol. The Morgan fingerprint density at radius 3 is 1.79 bits per heavy atom. The fourth-order valence-electron chi connectivity index (χ4n) is 3.15. The van der Waals surface area contributed by atoms with Crippen LogP contribution in [0, 0.1) is 6.92 Å². The van der Waals surface area contributed by atoms with Crippen molar-refractivity contribution < 1.29 is 0 Å². The molecule has 24 heavy (non-hydrogen) atoms. The maximum atomic E-state index is 4.95. The fourth-order valence-corrected chi connectivity index (χ4v) is 3.15. The minimum absolute atomic E-state index is 0.855. The largest absolute Gasteiger partial charge is 0.252 e. The first kappa shape index (κ1) is 14.9. The van der Waals surface area contributed by atoms with Crippen molar-refractivity contribution >= 4 is 11.4 Å². The third-order valence-corrected chi connectivity index (χ3v) is 4.68. The van der Waals surface area contributed by atoms with E-state index < -0.39 is 0 Å². The maximum Gasteiger partial charge on any atom is 0.0633 e. The van der Waals surface area contributed by atoms with Gasteiger partial charge in [0.15, 0.2) is 0 Å². The zero-order valence-corrected chi connectivity index (χ0v) is 14.0. The van der Waals surface area contributed by atoms with Crippen LogP contribution in [0.3, 0.4) is 0 Å². The molecule has 0 aromatic heterocycles. The van der Waals surface area contributed by atoms with E-state index in [1.807, 2.05) is 0 Å². The van der Waals surface area contributed by atoms with E-state index in [1.165, 1.54) is 27.8 Å². The van der Waals surface area contributed by atoms with Crippen molar-refractivity contribution in [3.8, 4) is 0 Å². The van der Waals surface area contributed by atoms with Crippen LogP contribution in [0.4, 0.5) is 5.69 Å². The molecule has 0 heterocycles. The van der Waals surface area contributed by atoms with Crippen molar-refractivity contribution in [2.24, 2.45) is 4.99 Å². The van der Waals surface area contributed by atoms with Gasteiger partial charge in [-0.3, -0.25) is 4.99 Å². The molecule has 0 fully saturated rings. The van der Waals surface area contributed by atoms with Crippen LogP contribution in [-0.2, 0) is 19.3 Å². The van der Waals surface area contributed by atoms with Crippen LogP contribution in [0.25, 0.3) is 0 Å². The molecule has 0 saturated carbocycles. The van der Waals surface area contributed by atoms with Crippen molar-refractivity contribution in [1.82, 2.24) is 0 Å². The average molecular weight is 311 g/mol. The first-order valence-corrected chi connectivity index (χ1v) is 8.58. The van der Waals surface area contributed by atoms with Gasteiger partial charge in [0.1, 0.15) is 0 Å². The molecule has 3 aromatic rings. The Kier molecular flexibility index (Phi) is 4.00. The third kappa shape index (κ3) is 3.30. The molecule has 1 nitrogen and oxygen atoms in total. The Hall–Kier alpha value is -2.67. The van der Waals surface area contributed by atoms with Gasteiger partial charge in [-0.05, 0) is 54.2 Å². The lowest BCUT2D eigenvalue weighted by atomic mass is 9.95. The second-order valence-electron chi connectivity index (χ2n) is 6.58. The highest BCUT2D eigenvalue weighted by molar-refractivity contribution is 6.03. The van der Waals surface area contributed by atoms with Crippen molar-refractivity contribution in [3.05, 3.63) is 101 Å². The van der Waals surface area contributed by atoms with Gasteiger partial charge in [-0.1, -0.05) is 66.2 Å². The van der Waals surface area contributed by atoms with Gasteiger partial charge in [-0.2, -0.15) is 0 Å². The molecule has 0 unspecified atom stereocenters. The van der Waals surface area contributed by atoms with Gasteiger partial charge < -0.3 is 0 Å². The highest BCUT2D eigenvalue weighted by Gasteiger charge is 2.08. The van der Waals surface area contributed by atoms with Gasteiger partial charge in [0.25, 0.3) is 0 Å². The van der Waals surface area contributed by atoms with E-state index in [9.17, 15) is 0 Å². The standard InChI is InChI=1S/C23H21N/c1-17-2-14-22(15-3-17)24-23-16-20-8-6-18(7-9-20)4-5-19-10-12-21(23)13-11-19/h2-3,6-15H,4-5,16H2,1H3. The molecule has 0 atom stereocenters. The second kappa shape index (κ2) is 6.45. The molecule has 0 radical (unpaired) electrons. The summed E-state index contributed by atoms with van der Waals surface area (Å²) in [5.74, 6) is 0. The molecule has 0 spiro atoms. The molecule has 7 rings (SSSR count). The first-order valence-electron chi connectivity index (χ1n) is 8.58. The summed E-state index contributed by atoms with van der Waals surface area (Å²) in [5.41, 5.74) is 8.72. The maximum absolute atomic E-state index is 4.95. The summed E-state index contributed by atoms with van der Waals surface area (Å²) in [6.45, 7) is 2.10. The summed E-state index contributed by atoms with van der Waals surface area (Å²) in [6, 6.07) is 26.3. The van der Waals surface area contributed by atoms with Gasteiger partial charge in [0.2, 0.25) is 0 Å². The monoisotopic (exact) mass is 311 g/mol. The lowest BCUT2D eigenvalue weighted by Gasteiger charge is -2.12. The normalized spacial score (nSPS) is 15.3. The topological polar surface area (TPSA) is 12.4 Å². The summed E-state index contributed by atoms with van der Waals surface area (Å²) in [4.78, 5) is 4.95. The van der Waals surface area contributed by atoms with Crippen LogP contribution in [0.15, 0.2) is 77.8 Å². The van der Waals surface area contributed by atoms with E-state index >= 15 is 0 Å². The van der Waals surface area contributed by atoms with Crippen molar-refractivity contribution in [3.63, 3.8) is 0 Å². The smallest absolute Gasteiger partial charge is 0.0633 e. The Bertz CT molecular complexity index is 853. The van der Waals surface area contributed by atoms with E-state index in [0.29, 0.717) is 0 Å². The van der Waals surface area contributed by atoms with E-state index in [0.717, 1.165) is 30.7 Å². The summed E-state index contributed by atoms with van der Waals surface area (Å²) < 4.78 is 0. The first-order chi connectivity index (χ1) is 11.8. The molecule has 0 aliphatic heterocycles. The van der Waals surface area contributed by atoms with Gasteiger partial charge in [0, 0.05) is 6.42 Å². The number of hydrogen-bond acceptors (Lipinski definition) is 1. The average Bonchev–Trinajstić information content (AvgIpc) is 2.61. The van der Waals surface area contributed by atoms with E-state index in [-0.39, 0.29) is 0 Å². The van der Waals surface area contributed by atoms with Crippen molar-refractivity contribution in [1.29, 1.82) is 0 Å². The SMILES string of the molecule is Cc1ccc(N=C2Cc3ccc(cc3)CCc3ccc2cc3)cc1. The summed E-state index contributed by atoms with van der Waals surface area (Å²) in [5, 5.41) is 0. The van der Waals surface area contributed by atoms with Crippen molar-refractivity contribution in [2.45, 2.75) is 26.2 Å². The van der Waals surface area contributed by atoms with Gasteiger partial charge >= 0.3 is 0 Å². The predicted molar refractivity (Wildman–Crippen MR) is 101 cm³/mol. The van der Waals surface area contributed by atoms with Crippen LogP contribution in [0.1, 0.15) is 27.8 Å². The number of benzene rings is 3. The summed E-state index contributed by atoms with van der Waals surface area (Å²) in [7, 11) is 0. The van der Waals surface area contributed by atoms with Crippen LogP contribution in [0.5, 0.6) is 0 Å². The fraction of sp³-hybridized carbons (Fsp3) is 0.174. The molecular formula is C23H21N. The Balaban J connectivity index is 1.79. The summed E-state index contributed by atoms with van der Waals surface area (Å²) >= 11 is 0. The minimum atomic E-state index is 0.855. The summed E-state index contributed by atoms with van der Waals surface area (Å²) in [6.07, 6.45) is 3.04. The van der Waals surface area contributed by atoms with Crippen molar-refractivity contribution in [2.75, 3.05) is 0 Å². The lowest BCUT2D eigenvalue weighted by molar-refractivity contribution is 0.957. The zero-order valence-electron chi connectivity index (χ0n) is 14.0. The Labute approximate surface area is 143 Å². The van der Waals surface area contributed by atoms with Gasteiger partial charge in [-0.25, -0.2) is 0 Å². The van der Waals surface area contributed by atoms with Crippen LogP contribution >= 0.6 is 0 Å². The molecule has 4 bridgehead atoms. The Morgan fingerprint density at radius 1 is 0.625 bits per heavy atom. The quantitative estimate of drug-likeness (QED) is 0.566. The Morgan fingerprint density at radius 2 is 1.17 bits per heavy atom. The van der Waals surface area contributed by atoms with Gasteiger partial charge in [-0.15, -0.1) is 0 Å². The molecule has 1 heteroatoms.